The molecule has 4 heterocycles. The molecule has 7 nitrogen and oxygen atoms in total. The number of hydrogen-bond acceptors (Lipinski definition) is 6. The molecule has 0 atom stereocenters. The first-order chi connectivity index (χ1) is 13.7. The summed E-state index contributed by atoms with van der Waals surface area (Å²) in [6.45, 7) is 3.46. The first kappa shape index (κ1) is 18.7. The largest absolute Gasteiger partial charge is 0.478 e. The van der Waals surface area contributed by atoms with Crippen molar-refractivity contribution in [2.75, 3.05) is 38.2 Å². The third-order valence-corrected chi connectivity index (χ3v) is 6.10. The Hall–Kier alpha value is -2.70. The zero-order valence-corrected chi connectivity index (χ0v) is 16.4. The summed E-state index contributed by atoms with van der Waals surface area (Å²) in [6.07, 6.45) is 11.7. The van der Waals surface area contributed by atoms with Gasteiger partial charge in [-0.05, 0) is 42.7 Å². The highest BCUT2D eigenvalue weighted by molar-refractivity contribution is 5.77. The van der Waals surface area contributed by atoms with Crippen LogP contribution < -0.4 is 9.64 Å². The second-order valence-corrected chi connectivity index (χ2v) is 7.80. The summed E-state index contributed by atoms with van der Waals surface area (Å²) in [5, 5.41) is 0. The third kappa shape index (κ3) is 3.93. The van der Waals surface area contributed by atoms with Crippen LogP contribution >= 0.6 is 0 Å². The number of rotatable bonds is 5. The van der Waals surface area contributed by atoms with Crippen molar-refractivity contribution >= 4 is 11.7 Å². The summed E-state index contributed by atoms with van der Waals surface area (Å²) in [5.41, 5.74) is 1.40. The Kier molecular flexibility index (Phi) is 5.41. The van der Waals surface area contributed by atoms with Gasteiger partial charge in [0.15, 0.2) is 5.82 Å². The number of carbonyl (C=O) groups is 1. The van der Waals surface area contributed by atoms with Crippen LogP contribution in [0.15, 0.2) is 36.9 Å². The molecule has 1 amide bonds. The molecule has 0 saturated carbocycles. The molecule has 0 radical (unpaired) electrons. The SMILES string of the molecule is COc1nccnc1N1CCC2(CCC(=O)N(CCc3cccnc3)C2)CC1. The standard InChI is InChI=1S/C21H27N5O2/c1-28-20-19(23-10-11-24-20)25-13-7-21(8-14-25)6-4-18(27)26(16-21)12-5-17-3-2-9-22-15-17/h2-3,9-11,15H,4-8,12-14,16H2,1H3. The molecule has 1 spiro atoms. The fraction of sp³-hybridized carbons (Fsp3) is 0.524. The maximum atomic E-state index is 12.5. The predicted octanol–water partition coefficient (Wildman–Crippen LogP) is 2.33. The number of ether oxygens (including phenoxy) is 1. The van der Waals surface area contributed by atoms with Gasteiger partial charge in [0.1, 0.15) is 0 Å². The van der Waals surface area contributed by atoms with Gasteiger partial charge in [0.05, 0.1) is 7.11 Å². The van der Waals surface area contributed by atoms with Gasteiger partial charge in [-0.25, -0.2) is 9.97 Å². The number of carbonyl (C=O) groups excluding carboxylic acids is 1. The summed E-state index contributed by atoms with van der Waals surface area (Å²) < 4.78 is 5.37. The number of likely N-dealkylation sites (tertiary alicyclic amines) is 1. The first-order valence-corrected chi connectivity index (χ1v) is 9.96. The van der Waals surface area contributed by atoms with Crippen molar-refractivity contribution < 1.29 is 9.53 Å². The Morgan fingerprint density at radius 2 is 1.96 bits per heavy atom. The van der Waals surface area contributed by atoms with Gasteiger partial charge in [-0.15, -0.1) is 0 Å². The number of aromatic nitrogens is 3. The van der Waals surface area contributed by atoms with Gasteiger partial charge < -0.3 is 14.5 Å². The minimum absolute atomic E-state index is 0.217. The van der Waals surface area contributed by atoms with Crippen LogP contribution in [-0.4, -0.2) is 59.0 Å². The van der Waals surface area contributed by atoms with Crippen molar-refractivity contribution in [2.24, 2.45) is 5.41 Å². The number of nitrogens with zero attached hydrogens (tertiary/aromatic N) is 5. The number of methoxy groups -OCH3 is 1. The highest BCUT2D eigenvalue weighted by Crippen LogP contribution is 2.41. The Bertz CT molecular complexity index is 805. The monoisotopic (exact) mass is 381 g/mol. The van der Waals surface area contributed by atoms with Crippen molar-refractivity contribution in [2.45, 2.75) is 32.1 Å². The van der Waals surface area contributed by atoms with Gasteiger partial charge >= 0.3 is 0 Å². The molecule has 2 aliphatic heterocycles. The van der Waals surface area contributed by atoms with Crippen molar-refractivity contribution in [1.82, 2.24) is 19.9 Å². The van der Waals surface area contributed by atoms with E-state index in [0.717, 1.165) is 57.7 Å². The molecule has 7 heteroatoms. The zero-order chi connectivity index (χ0) is 19.4. The Balaban J connectivity index is 1.38. The van der Waals surface area contributed by atoms with E-state index in [-0.39, 0.29) is 11.3 Å². The number of amides is 1. The summed E-state index contributed by atoms with van der Waals surface area (Å²) in [6, 6.07) is 4.02. The summed E-state index contributed by atoms with van der Waals surface area (Å²) in [7, 11) is 1.63. The molecule has 0 aromatic carbocycles. The topological polar surface area (TPSA) is 71.5 Å². The molecule has 148 valence electrons. The van der Waals surface area contributed by atoms with Crippen molar-refractivity contribution in [1.29, 1.82) is 0 Å². The first-order valence-electron chi connectivity index (χ1n) is 9.96. The van der Waals surface area contributed by atoms with Gasteiger partial charge in [0, 0.05) is 57.4 Å². The average molecular weight is 381 g/mol. The zero-order valence-electron chi connectivity index (χ0n) is 16.4. The number of anilines is 1. The molecule has 28 heavy (non-hydrogen) atoms. The van der Waals surface area contributed by atoms with E-state index in [1.165, 1.54) is 5.56 Å². The van der Waals surface area contributed by atoms with E-state index in [1.54, 1.807) is 25.7 Å². The van der Waals surface area contributed by atoms with E-state index in [0.29, 0.717) is 12.3 Å². The highest BCUT2D eigenvalue weighted by Gasteiger charge is 2.41. The lowest BCUT2D eigenvalue weighted by Gasteiger charge is -2.47. The molecule has 0 bridgehead atoms. The average Bonchev–Trinajstić information content (AvgIpc) is 2.76. The van der Waals surface area contributed by atoms with Crippen LogP contribution in [0.25, 0.3) is 0 Å². The highest BCUT2D eigenvalue weighted by atomic mass is 16.5. The molecular formula is C21H27N5O2. The number of piperidine rings is 2. The predicted molar refractivity (Wildman–Crippen MR) is 106 cm³/mol. The molecule has 2 saturated heterocycles. The summed E-state index contributed by atoms with van der Waals surface area (Å²) in [4.78, 5) is 29.7. The van der Waals surface area contributed by atoms with Gasteiger partial charge in [-0.2, -0.15) is 0 Å². The Labute approximate surface area is 165 Å². The molecule has 2 aromatic rings. The van der Waals surface area contributed by atoms with Gasteiger partial charge in [0.25, 0.3) is 5.88 Å². The molecule has 2 aliphatic rings. The molecule has 4 rings (SSSR count). The lowest BCUT2D eigenvalue weighted by atomic mass is 9.72. The molecule has 0 N–H and O–H groups in total. The lowest BCUT2D eigenvalue weighted by Crippen LogP contribution is -2.52. The van der Waals surface area contributed by atoms with E-state index >= 15 is 0 Å². The van der Waals surface area contributed by atoms with Crippen LogP contribution in [0.4, 0.5) is 5.82 Å². The second-order valence-electron chi connectivity index (χ2n) is 7.80. The van der Waals surface area contributed by atoms with Crippen molar-refractivity contribution in [3.63, 3.8) is 0 Å². The van der Waals surface area contributed by atoms with E-state index in [9.17, 15) is 4.79 Å². The molecule has 2 fully saturated rings. The minimum Gasteiger partial charge on any atom is -0.478 e. The Morgan fingerprint density at radius 3 is 2.71 bits per heavy atom. The summed E-state index contributed by atoms with van der Waals surface area (Å²) >= 11 is 0. The van der Waals surface area contributed by atoms with Crippen LogP contribution in [0.2, 0.25) is 0 Å². The maximum Gasteiger partial charge on any atom is 0.257 e. The van der Waals surface area contributed by atoms with Crippen LogP contribution in [0.3, 0.4) is 0 Å². The van der Waals surface area contributed by atoms with Crippen LogP contribution in [0, 0.1) is 5.41 Å². The van der Waals surface area contributed by atoms with E-state index in [4.69, 9.17) is 4.74 Å². The molecule has 0 unspecified atom stereocenters. The fourth-order valence-corrected chi connectivity index (χ4v) is 4.40. The second kappa shape index (κ2) is 8.12. The van der Waals surface area contributed by atoms with Crippen LogP contribution in [0.5, 0.6) is 5.88 Å². The quantitative estimate of drug-likeness (QED) is 0.792. The van der Waals surface area contributed by atoms with Gasteiger partial charge in [-0.1, -0.05) is 6.07 Å². The van der Waals surface area contributed by atoms with Crippen molar-refractivity contribution in [3.05, 3.63) is 42.5 Å². The molecular weight excluding hydrogens is 354 g/mol. The van der Waals surface area contributed by atoms with E-state index in [2.05, 4.69) is 30.8 Å². The number of hydrogen-bond donors (Lipinski definition) is 0. The van der Waals surface area contributed by atoms with E-state index in [1.807, 2.05) is 12.3 Å². The normalized spacial score (nSPS) is 19.1. The smallest absolute Gasteiger partial charge is 0.257 e. The number of pyridine rings is 1. The Morgan fingerprint density at radius 1 is 1.14 bits per heavy atom. The lowest BCUT2D eigenvalue weighted by molar-refractivity contribution is -0.138. The van der Waals surface area contributed by atoms with Gasteiger partial charge in [0.2, 0.25) is 5.91 Å². The minimum atomic E-state index is 0.217. The summed E-state index contributed by atoms with van der Waals surface area (Å²) in [5.74, 6) is 1.68. The fourth-order valence-electron chi connectivity index (χ4n) is 4.40. The van der Waals surface area contributed by atoms with Crippen LogP contribution in [-0.2, 0) is 11.2 Å². The molecule has 2 aromatic heterocycles. The molecule has 0 aliphatic carbocycles. The van der Waals surface area contributed by atoms with Crippen molar-refractivity contribution in [3.8, 4) is 5.88 Å². The maximum absolute atomic E-state index is 12.5. The van der Waals surface area contributed by atoms with Gasteiger partial charge in [-0.3, -0.25) is 9.78 Å². The van der Waals surface area contributed by atoms with Crippen LogP contribution in [0.1, 0.15) is 31.2 Å². The third-order valence-electron chi connectivity index (χ3n) is 6.10. The van der Waals surface area contributed by atoms with E-state index < -0.39 is 0 Å².